The van der Waals surface area contributed by atoms with Crippen molar-refractivity contribution in [3.05, 3.63) is 100 Å². The number of nitrogens with zero attached hydrogens (tertiary/aromatic N) is 1. The van der Waals surface area contributed by atoms with Gasteiger partial charge in [-0.15, -0.1) is 0 Å². The van der Waals surface area contributed by atoms with E-state index in [2.05, 4.69) is 16.8 Å². The number of aliphatic hydroxyl groups is 1. The van der Waals surface area contributed by atoms with Gasteiger partial charge in [-0.25, -0.2) is 4.79 Å². The number of hydrogen-bond acceptors (Lipinski definition) is 4. The number of rotatable bonds is 5. The third-order valence-corrected chi connectivity index (χ3v) is 6.35. The summed E-state index contributed by atoms with van der Waals surface area (Å²) < 4.78 is 6.08. The minimum atomic E-state index is -1.44. The normalized spacial score (nSPS) is 13.9. The van der Waals surface area contributed by atoms with Crippen LogP contribution in [0.1, 0.15) is 56.2 Å². The number of pyridine rings is 1. The highest BCUT2D eigenvalue weighted by molar-refractivity contribution is 6.30. The van der Waals surface area contributed by atoms with Crippen LogP contribution in [0, 0.1) is 18.8 Å². The lowest BCUT2D eigenvalue weighted by Gasteiger charge is -2.28. The van der Waals surface area contributed by atoms with Crippen LogP contribution >= 0.6 is 11.6 Å². The van der Waals surface area contributed by atoms with Crippen LogP contribution in [0.25, 0.3) is 21.9 Å². The summed E-state index contributed by atoms with van der Waals surface area (Å²) >= 11 is 6.18. The molecule has 0 amide bonds. The van der Waals surface area contributed by atoms with E-state index in [-0.39, 0.29) is 0 Å². The van der Waals surface area contributed by atoms with Gasteiger partial charge in [0, 0.05) is 22.3 Å². The van der Waals surface area contributed by atoms with Gasteiger partial charge in [0.15, 0.2) is 11.7 Å². The van der Waals surface area contributed by atoms with E-state index in [0.29, 0.717) is 21.8 Å². The molecule has 0 saturated heterocycles. The quantitative estimate of drug-likeness (QED) is 0.271. The molecule has 0 radical (unpaired) electrons. The van der Waals surface area contributed by atoms with Crippen molar-refractivity contribution in [1.82, 2.24) is 4.98 Å². The molecule has 6 heteroatoms. The number of hydrogen-bond donors (Lipinski definition) is 2. The molecule has 194 valence electrons. The molecule has 5 nitrogen and oxygen atoms in total. The smallest absolute Gasteiger partial charge is 0.337 e. The maximum Gasteiger partial charge on any atom is 0.337 e. The number of carboxylic acid groups (broad SMARTS) is 1. The highest BCUT2D eigenvalue weighted by Gasteiger charge is 2.31. The summed E-state index contributed by atoms with van der Waals surface area (Å²) in [5.74, 6) is 4.94. The molecular formula is C32H30ClNO4. The second kappa shape index (κ2) is 10.6. The molecule has 0 bridgehead atoms. The topological polar surface area (TPSA) is 79.7 Å². The van der Waals surface area contributed by atoms with Crippen LogP contribution in [-0.2, 0) is 15.1 Å². The molecule has 3 aromatic carbocycles. The number of aliphatic carboxylic acids is 1. The first-order chi connectivity index (χ1) is 17.9. The molecule has 4 aromatic rings. The molecule has 4 rings (SSSR count). The minimum Gasteiger partial charge on any atom is -0.479 e. The fraction of sp³-hybridized carbons (Fsp3) is 0.250. The van der Waals surface area contributed by atoms with Crippen molar-refractivity contribution < 1.29 is 19.7 Å². The second-order valence-electron chi connectivity index (χ2n) is 10.4. The van der Waals surface area contributed by atoms with Crippen LogP contribution < -0.4 is 0 Å². The first kappa shape index (κ1) is 27.3. The molecule has 0 spiro atoms. The van der Waals surface area contributed by atoms with Crippen molar-refractivity contribution in [3.8, 4) is 23.0 Å². The predicted octanol–water partition coefficient (Wildman–Crippen LogP) is 7.06. The largest absolute Gasteiger partial charge is 0.479 e. The maximum atomic E-state index is 12.5. The Labute approximate surface area is 228 Å². The Morgan fingerprint density at radius 3 is 2.34 bits per heavy atom. The maximum absolute atomic E-state index is 12.5. The summed E-state index contributed by atoms with van der Waals surface area (Å²) in [6, 6.07) is 20.3. The zero-order chi connectivity index (χ0) is 27.7. The number of ether oxygens (including phenoxy) is 1. The first-order valence-corrected chi connectivity index (χ1v) is 12.6. The highest BCUT2D eigenvalue weighted by Crippen LogP contribution is 2.41. The van der Waals surface area contributed by atoms with E-state index < -0.39 is 23.3 Å². The number of carboxylic acids is 1. The van der Waals surface area contributed by atoms with Crippen molar-refractivity contribution >= 4 is 28.3 Å². The van der Waals surface area contributed by atoms with Crippen LogP contribution in [-0.4, -0.2) is 26.8 Å². The van der Waals surface area contributed by atoms with Gasteiger partial charge < -0.3 is 14.9 Å². The lowest BCUT2D eigenvalue weighted by Crippen LogP contribution is -2.28. The van der Waals surface area contributed by atoms with E-state index in [4.69, 9.17) is 16.3 Å². The van der Waals surface area contributed by atoms with Gasteiger partial charge >= 0.3 is 5.97 Å². The lowest BCUT2D eigenvalue weighted by molar-refractivity contribution is -0.160. The molecule has 0 aliphatic carbocycles. The van der Waals surface area contributed by atoms with E-state index >= 15 is 0 Å². The number of benzene rings is 3. The van der Waals surface area contributed by atoms with E-state index in [1.807, 2.05) is 64.1 Å². The summed E-state index contributed by atoms with van der Waals surface area (Å²) in [4.78, 5) is 16.7. The van der Waals surface area contributed by atoms with Crippen molar-refractivity contribution in [2.45, 2.75) is 51.9 Å². The van der Waals surface area contributed by atoms with Crippen LogP contribution in [0.2, 0.25) is 5.02 Å². The summed E-state index contributed by atoms with van der Waals surface area (Å²) in [5, 5.41) is 23.5. The summed E-state index contributed by atoms with van der Waals surface area (Å²) in [6.07, 6.45) is 0.423. The predicted molar refractivity (Wildman–Crippen MR) is 151 cm³/mol. The number of halogens is 1. The van der Waals surface area contributed by atoms with Crippen LogP contribution in [0.15, 0.2) is 72.9 Å². The van der Waals surface area contributed by atoms with E-state index in [9.17, 15) is 15.0 Å². The molecule has 2 N–H and O–H groups in total. The Morgan fingerprint density at radius 1 is 1.03 bits per heavy atom. The summed E-state index contributed by atoms with van der Waals surface area (Å²) in [6.45, 7) is 9.01. The van der Waals surface area contributed by atoms with Gasteiger partial charge in [0.25, 0.3) is 0 Å². The van der Waals surface area contributed by atoms with Crippen LogP contribution in [0.5, 0.6) is 0 Å². The third-order valence-electron chi connectivity index (χ3n) is 6.09. The standard InChI is InChI=1S/C32H30ClNO4/c1-20-18-23-10-9-21(15-16-32(5,37)26-8-6-7-17-34-26)19-25(23)28(22-11-13-24(33)14-12-22)27(20)29(30(35)36)38-31(2,3)4/h6-14,17-19,29,37H,1-5H3,(H,35,36). The van der Waals surface area contributed by atoms with Gasteiger partial charge in [-0.1, -0.05) is 53.8 Å². The Kier molecular flexibility index (Phi) is 7.62. The van der Waals surface area contributed by atoms with Gasteiger partial charge in [0.1, 0.15) is 0 Å². The average Bonchev–Trinajstić information content (AvgIpc) is 2.86. The Hall–Kier alpha value is -3.69. The van der Waals surface area contributed by atoms with Crippen molar-refractivity contribution in [2.24, 2.45) is 0 Å². The fourth-order valence-corrected chi connectivity index (χ4v) is 4.52. The third kappa shape index (κ3) is 6.06. The highest BCUT2D eigenvalue weighted by atomic mass is 35.5. The number of carbonyl (C=O) groups is 1. The average molecular weight is 528 g/mol. The molecule has 2 atom stereocenters. The molecule has 0 aliphatic rings. The molecule has 1 heterocycles. The molecular weight excluding hydrogens is 498 g/mol. The molecule has 0 fully saturated rings. The zero-order valence-corrected chi connectivity index (χ0v) is 22.8. The van der Waals surface area contributed by atoms with Crippen LogP contribution in [0.3, 0.4) is 0 Å². The number of aromatic nitrogens is 1. The number of fused-ring (bicyclic) bond motifs is 1. The van der Waals surface area contributed by atoms with Crippen LogP contribution in [0.4, 0.5) is 0 Å². The monoisotopic (exact) mass is 527 g/mol. The van der Waals surface area contributed by atoms with Crippen molar-refractivity contribution in [1.29, 1.82) is 0 Å². The Balaban J connectivity index is 1.96. The van der Waals surface area contributed by atoms with Gasteiger partial charge in [0.2, 0.25) is 0 Å². The van der Waals surface area contributed by atoms with E-state index in [1.54, 1.807) is 43.5 Å². The molecule has 0 aliphatic heterocycles. The molecule has 1 aromatic heterocycles. The first-order valence-electron chi connectivity index (χ1n) is 12.3. The van der Waals surface area contributed by atoms with Gasteiger partial charge in [0.05, 0.1) is 11.3 Å². The van der Waals surface area contributed by atoms with Gasteiger partial charge in [-0.05, 0) is 98.5 Å². The van der Waals surface area contributed by atoms with Crippen molar-refractivity contribution in [3.63, 3.8) is 0 Å². The number of aryl methyl sites for hydroxylation is 1. The minimum absolute atomic E-state index is 0.455. The molecule has 2 unspecified atom stereocenters. The lowest BCUT2D eigenvalue weighted by atomic mass is 9.86. The molecule has 38 heavy (non-hydrogen) atoms. The second-order valence-corrected chi connectivity index (χ2v) is 10.8. The Bertz CT molecular complexity index is 1540. The van der Waals surface area contributed by atoms with Gasteiger partial charge in [-0.2, -0.15) is 0 Å². The van der Waals surface area contributed by atoms with E-state index in [0.717, 1.165) is 27.5 Å². The summed E-state index contributed by atoms with van der Waals surface area (Å²) in [7, 11) is 0. The zero-order valence-electron chi connectivity index (χ0n) is 22.0. The van der Waals surface area contributed by atoms with Crippen molar-refractivity contribution in [2.75, 3.05) is 0 Å². The van der Waals surface area contributed by atoms with E-state index in [1.165, 1.54) is 0 Å². The fourth-order valence-electron chi connectivity index (χ4n) is 4.39. The Morgan fingerprint density at radius 2 is 1.74 bits per heavy atom. The molecule has 0 saturated carbocycles. The van der Waals surface area contributed by atoms with Gasteiger partial charge in [-0.3, -0.25) is 4.98 Å². The SMILES string of the molecule is Cc1cc2ccc(C#CC(C)(O)c3ccccn3)cc2c(-c2ccc(Cl)cc2)c1C(OC(C)(C)C)C(=O)O. The summed E-state index contributed by atoms with van der Waals surface area (Å²) in [5.41, 5.74) is 1.93.